The van der Waals surface area contributed by atoms with Gasteiger partial charge in [0, 0.05) is 24.2 Å². The van der Waals surface area contributed by atoms with Crippen molar-refractivity contribution in [2.45, 2.75) is 39.3 Å². The minimum atomic E-state index is -0.454. The number of carbonyl (C=O) groups is 2. The van der Waals surface area contributed by atoms with Crippen molar-refractivity contribution in [3.63, 3.8) is 0 Å². The van der Waals surface area contributed by atoms with Crippen LogP contribution in [0, 0.1) is 5.92 Å². The van der Waals surface area contributed by atoms with Gasteiger partial charge in [0.2, 0.25) is 11.8 Å². The molecule has 1 unspecified atom stereocenters. The van der Waals surface area contributed by atoms with E-state index in [9.17, 15) is 9.59 Å². The van der Waals surface area contributed by atoms with E-state index in [1.165, 1.54) is 0 Å². The molecule has 4 N–H and O–H groups in total. The molecule has 138 valence electrons. The second kappa shape index (κ2) is 7.65. The van der Waals surface area contributed by atoms with Crippen LogP contribution in [0.2, 0.25) is 0 Å². The van der Waals surface area contributed by atoms with Gasteiger partial charge in [0.15, 0.2) is 5.82 Å². The number of hydrogen-bond acceptors (Lipinski definition) is 5. The minimum absolute atomic E-state index is 0.0410. The van der Waals surface area contributed by atoms with E-state index in [-0.39, 0.29) is 17.7 Å². The molecule has 0 radical (unpaired) electrons. The molecule has 0 bridgehead atoms. The van der Waals surface area contributed by atoms with Crippen molar-refractivity contribution in [3.8, 4) is 11.4 Å². The fourth-order valence-electron chi connectivity index (χ4n) is 3.20. The molecule has 26 heavy (non-hydrogen) atoms. The van der Waals surface area contributed by atoms with Crippen LogP contribution in [0.5, 0.6) is 0 Å². The third-order valence-electron chi connectivity index (χ3n) is 4.48. The topological polar surface area (TPSA) is 117 Å². The van der Waals surface area contributed by atoms with E-state index in [1.54, 1.807) is 17.0 Å². The maximum absolute atomic E-state index is 12.7. The minimum Gasteiger partial charge on any atom is -0.330 e. The van der Waals surface area contributed by atoms with E-state index in [0.717, 1.165) is 12.0 Å². The Labute approximate surface area is 152 Å². The van der Waals surface area contributed by atoms with Crippen molar-refractivity contribution in [1.82, 2.24) is 20.1 Å². The first kappa shape index (κ1) is 18.1. The van der Waals surface area contributed by atoms with Crippen LogP contribution in [-0.2, 0) is 16.1 Å². The van der Waals surface area contributed by atoms with E-state index in [0.29, 0.717) is 36.8 Å². The molecule has 8 heteroatoms. The molecule has 1 atom stereocenters. The Morgan fingerprint density at radius 1 is 1.35 bits per heavy atom. The Morgan fingerprint density at radius 3 is 2.62 bits per heavy atom. The molecule has 1 saturated heterocycles. The number of nitrogens with two attached hydrogens (primary N) is 1. The van der Waals surface area contributed by atoms with E-state index >= 15 is 0 Å². The van der Waals surface area contributed by atoms with Crippen LogP contribution in [-0.4, -0.2) is 44.5 Å². The summed E-state index contributed by atoms with van der Waals surface area (Å²) in [6.07, 6.45) is 1.33. The van der Waals surface area contributed by atoms with Gasteiger partial charge in [-0.05, 0) is 36.6 Å². The zero-order valence-corrected chi connectivity index (χ0v) is 15.0. The van der Waals surface area contributed by atoms with Crippen LogP contribution in [0.25, 0.3) is 11.4 Å². The molecule has 1 aliphatic heterocycles. The van der Waals surface area contributed by atoms with Gasteiger partial charge >= 0.3 is 0 Å². The highest BCUT2D eigenvalue weighted by Gasteiger charge is 2.34. The summed E-state index contributed by atoms with van der Waals surface area (Å²) in [6, 6.07) is 6.82. The van der Waals surface area contributed by atoms with E-state index in [4.69, 9.17) is 5.73 Å². The Morgan fingerprint density at radius 2 is 2.08 bits per heavy atom. The molecule has 2 aromatic rings. The maximum atomic E-state index is 12.7. The van der Waals surface area contributed by atoms with Crippen LogP contribution in [0.3, 0.4) is 0 Å². The zero-order chi connectivity index (χ0) is 18.7. The Bertz CT molecular complexity index is 783. The van der Waals surface area contributed by atoms with Crippen molar-refractivity contribution >= 4 is 17.5 Å². The number of hydrogen-bond donors (Lipinski definition) is 3. The van der Waals surface area contributed by atoms with Crippen LogP contribution in [0.1, 0.15) is 32.5 Å². The summed E-state index contributed by atoms with van der Waals surface area (Å²) >= 11 is 0. The molecule has 2 heterocycles. The Kier molecular flexibility index (Phi) is 5.32. The summed E-state index contributed by atoms with van der Waals surface area (Å²) in [4.78, 5) is 30.7. The lowest BCUT2D eigenvalue weighted by molar-refractivity contribution is -0.136. The molecule has 1 aromatic carbocycles. The van der Waals surface area contributed by atoms with Gasteiger partial charge in [-0.15, -0.1) is 0 Å². The van der Waals surface area contributed by atoms with Gasteiger partial charge in [-0.2, -0.15) is 5.10 Å². The number of anilines is 1. The monoisotopic (exact) mass is 356 g/mol. The Balaban J connectivity index is 1.71. The van der Waals surface area contributed by atoms with Gasteiger partial charge in [0.1, 0.15) is 11.9 Å². The lowest BCUT2D eigenvalue weighted by Gasteiger charge is -2.29. The van der Waals surface area contributed by atoms with Crippen molar-refractivity contribution in [1.29, 1.82) is 0 Å². The number of amides is 2. The average Bonchev–Trinajstić information content (AvgIpc) is 3.25. The standard InChI is InChI=1S/C18H24N6O2/c1-11(2)16(24-9-3-4-15(24)25)18(26)20-13-7-5-12(6-8-13)17-21-14(10-19)22-23-17/h5-8,11,16H,3-4,9-10,19H2,1-2H3,(H,20,26)(H,21,22,23). The molecule has 1 fully saturated rings. The number of H-pyrrole nitrogens is 1. The third-order valence-corrected chi connectivity index (χ3v) is 4.48. The van der Waals surface area contributed by atoms with Gasteiger partial charge in [-0.25, -0.2) is 4.98 Å². The second-order valence-electron chi connectivity index (χ2n) is 6.76. The van der Waals surface area contributed by atoms with Crippen LogP contribution in [0.15, 0.2) is 24.3 Å². The maximum Gasteiger partial charge on any atom is 0.247 e. The molecule has 2 amide bonds. The zero-order valence-electron chi connectivity index (χ0n) is 15.0. The van der Waals surface area contributed by atoms with Crippen molar-refractivity contribution < 1.29 is 9.59 Å². The molecule has 1 aliphatic rings. The largest absolute Gasteiger partial charge is 0.330 e. The van der Waals surface area contributed by atoms with Crippen LogP contribution < -0.4 is 11.1 Å². The van der Waals surface area contributed by atoms with Crippen molar-refractivity contribution in [2.75, 3.05) is 11.9 Å². The predicted molar refractivity (Wildman–Crippen MR) is 97.9 cm³/mol. The van der Waals surface area contributed by atoms with E-state index < -0.39 is 6.04 Å². The fourth-order valence-corrected chi connectivity index (χ4v) is 3.20. The fraction of sp³-hybridized carbons (Fsp3) is 0.444. The summed E-state index contributed by atoms with van der Waals surface area (Å²) in [7, 11) is 0. The molecule has 1 aromatic heterocycles. The summed E-state index contributed by atoms with van der Waals surface area (Å²) in [5.74, 6) is 1.11. The summed E-state index contributed by atoms with van der Waals surface area (Å²) in [5.41, 5.74) is 7.02. The van der Waals surface area contributed by atoms with Gasteiger partial charge in [-0.1, -0.05) is 13.8 Å². The number of likely N-dealkylation sites (tertiary alicyclic amines) is 1. The highest BCUT2D eigenvalue weighted by Crippen LogP contribution is 2.22. The van der Waals surface area contributed by atoms with Gasteiger partial charge in [0.25, 0.3) is 0 Å². The lowest BCUT2D eigenvalue weighted by Crippen LogP contribution is -2.47. The normalized spacial score (nSPS) is 15.5. The number of aromatic amines is 1. The Hall–Kier alpha value is -2.74. The molecule has 8 nitrogen and oxygen atoms in total. The average molecular weight is 356 g/mol. The lowest BCUT2D eigenvalue weighted by atomic mass is 10.0. The highest BCUT2D eigenvalue weighted by atomic mass is 16.2. The number of carbonyl (C=O) groups excluding carboxylic acids is 2. The van der Waals surface area contributed by atoms with Crippen molar-refractivity contribution in [3.05, 3.63) is 30.1 Å². The van der Waals surface area contributed by atoms with Crippen molar-refractivity contribution in [2.24, 2.45) is 11.7 Å². The number of benzene rings is 1. The molecule has 0 spiro atoms. The van der Waals surface area contributed by atoms with Gasteiger partial charge in [-0.3, -0.25) is 14.7 Å². The van der Waals surface area contributed by atoms with Crippen LogP contribution >= 0.6 is 0 Å². The van der Waals surface area contributed by atoms with Gasteiger partial charge in [0.05, 0.1) is 6.54 Å². The molecule has 0 saturated carbocycles. The van der Waals surface area contributed by atoms with Crippen LogP contribution in [0.4, 0.5) is 5.69 Å². The summed E-state index contributed by atoms with van der Waals surface area (Å²) < 4.78 is 0. The summed E-state index contributed by atoms with van der Waals surface area (Å²) in [6.45, 7) is 4.85. The predicted octanol–water partition coefficient (Wildman–Crippen LogP) is 1.52. The first-order valence-electron chi connectivity index (χ1n) is 8.81. The van der Waals surface area contributed by atoms with Gasteiger partial charge < -0.3 is 16.0 Å². The third kappa shape index (κ3) is 3.75. The number of nitrogens with zero attached hydrogens (tertiary/aromatic N) is 3. The highest BCUT2D eigenvalue weighted by molar-refractivity contribution is 5.97. The molecule has 3 rings (SSSR count). The van der Waals surface area contributed by atoms with E-state index in [1.807, 2.05) is 26.0 Å². The number of nitrogens with one attached hydrogen (secondary N) is 2. The first-order valence-corrected chi connectivity index (χ1v) is 8.81. The molecule has 0 aliphatic carbocycles. The number of aromatic nitrogens is 3. The SMILES string of the molecule is CC(C)C(C(=O)Nc1ccc(-c2n[nH]c(CN)n2)cc1)N1CCCC1=O. The first-order chi connectivity index (χ1) is 12.5. The smallest absolute Gasteiger partial charge is 0.247 e. The molecular formula is C18H24N6O2. The molecular weight excluding hydrogens is 332 g/mol. The summed E-state index contributed by atoms with van der Waals surface area (Å²) in [5, 5.41) is 9.80. The second-order valence-corrected chi connectivity index (χ2v) is 6.76. The number of rotatable bonds is 6. The van der Waals surface area contributed by atoms with E-state index in [2.05, 4.69) is 20.5 Å². The quantitative estimate of drug-likeness (QED) is 0.725.